The normalized spacial score (nSPS) is 17.6. The number of H-pyrrole nitrogens is 1. The molecule has 2 aromatic rings. The Morgan fingerprint density at radius 2 is 1.78 bits per heavy atom. The molecule has 1 fully saturated rings. The van der Waals surface area contributed by atoms with E-state index in [9.17, 15) is 22.8 Å². The van der Waals surface area contributed by atoms with Crippen LogP contribution in [0, 0.1) is 5.92 Å². The summed E-state index contributed by atoms with van der Waals surface area (Å²) in [7, 11) is 0. The highest BCUT2D eigenvalue weighted by atomic mass is 19.4. The Hall–Kier alpha value is -2.84. The van der Waals surface area contributed by atoms with E-state index in [-0.39, 0.29) is 23.7 Å². The number of carbonyl (C=O) groups excluding carboxylic acids is 2. The first-order valence-corrected chi connectivity index (χ1v) is 11.0. The number of alkyl halides is 3. The second-order valence-electron chi connectivity index (χ2n) is 8.85. The highest BCUT2D eigenvalue weighted by Crippen LogP contribution is 2.39. The van der Waals surface area contributed by atoms with Gasteiger partial charge in [0.15, 0.2) is 5.69 Å². The van der Waals surface area contributed by atoms with Gasteiger partial charge in [0, 0.05) is 49.8 Å². The third kappa shape index (κ3) is 4.25. The lowest BCUT2D eigenvalue weighted by Crippen LogP contribution is -2.41. The standard InChI is InChI=1S/C23H27F3N4O2/c1-14(2)21(31)30-12-9-19-17(13-30)20(28-27-19)22(32)29-10-7-15(8-11-29)16-5-3-4-6-18(16)23(24,25)26/h3-6,14-15H,7-13H2,1-2H3,(H,27,28). The minimum Gasteiger partial charge on any atom is -0.338 e. The number of piperidine rings is 1. The third-order valence-electron chi connectivity index (χ3n) is 6.43. The predicted molar refractivity (Wildman–Crippen MR) is 112 cm³/mol. The summed E-state index contributed by atoms with van der Waals surface area (Å²) in [5, 5.41) is 7.17. The van der Waals surface area contributed by atoms with E-state index in [0.29, 0.717) is 56.7 Å². The zero-order chi connectivity index (χ0) is 23.0. The summed E-state index contributed by atoms with van der Waals surface area (Å²) in [5.41, 5.74) is 1.64. The van der Waals surface area contributed by atoms with Crippen LogP contribution in [-0.2, 0) is 23.9 Å². The monoisotopic (exact) mass is 448 g/mol. The van der Waals surface area contributed by atoms with Crippen molar-refractivity contribution < 1.29 is 22.8 Å². The number of halogens is 3. The lowest BCUT2D eigenvalue weighted by Gasteiger charge is -2.33. The first-order chi connectivity index (χ1) is 15.2. The molecule has 1 aromatic heterocycles. The van der Waals surface area contributed by atoms with Gasteiger partial charge in [0.1, 0.15) is 0 Å². The predicted octanol–water partition coefficient (Wildman–Crippen LogP) is 3.99. The molecule has 4 rings (SSSR count). The van der Waals surface area contributed by atoms with Crippen molar-refractivity contribution in [3.05, 3.63) is 52.3 Å². The molecule has 0 aliphatic carbocycles. The highest BCUT2D eigenvalue weighted by Gasteiger charge is 2.37. The number of nitrogens with one attached hydrogen (secondary N) is 1. The van der Waals surface area contributed by atoms with Crippen LogP contribution in [-0.4, -0.2) is 51.4 Å². The summed E-state index contributed by atoms with van der Waals surface area (Å²) in [4.78, 5) is 29.0. The number of benzene rings is 1. The van der Waals surface area contributed by atoms with Crippen molar-refractivity contribution in [1.82, 2.24) is 20.0 Å². The number of hydrogen-bond acceptors (Lipinski definition) is 3. The van der Waals surface area contributed by atoms with E-state index < -0.39 is 11.7 Å². The fourth-order valence-electron chi connectivity index (χ4n) is 4.68. The molecule has 9 heteroatoms. The second kappa shape index (κ2) is 8.60. The Bertz CT molecular complexity index is 1010. The Kier molecular flexibility index (Phi) is 6.01. The number of likely N-dealkylation sites (tertiary alicyclic amines) is 1. The number of fused-ring (bicyclic) bond motifs is 1. The quantitative estimate of drug-likeness (QED) is 0.772. The van der Waals surface area contributed by atoms with Crippen molar-refractivity contribution in [2.45, 2.75) is 51.7 Å². The third-order valence-corrected chi connectivity index (χ3v) is 6.43. The van der Waals surface area contributed by atoms with Crippen LogP contribution in [0.25, 0.3) is 0 Å². The molecule has 2 amide bonds. The highest BCUT2D eigenvalue weighted by molar-refractivity contribution is 5.94. The van der Waals surface area contributed by atoms with E-state index in [1.54, 1.807) is 15.9 Å². The molecular weight excluding hydrogens is 421 g/mol. The lowest BCUT2D eigenvalue weighted by atomic mass is 9.86. The molecule has 6 nitrogen and oxygen atoms in total. The Balaban J connectivity index is 1.46. The topological polar surface area (TPSA) is 69.3 Å². The molecule has 0 atom stereocenters. The average Bonchev–Trinajstić information content (AvgIpc) is 3.20. The maximum atomic E-state index is 13.4. The Labute approximate surface area is 184 Å². The van der Waals surface area contributed by atoms with Crippen LogP contribution < -0.4 is 0 Å². The fourth-order valence-corrected chi connectivity index (χ4v) is 4.68. The minimum atomic E-state index is -4.39. The van der Waals surface area contributed by atoms with E-state index in [0.717, 1.165) is 17.3 Å². The van der Waals surface area contributed by atoms with E-state index in [1.165, 1.54) is 12.1 Å². The van der Waals surface area contributed by atoms with Crippen LogP contribution in [0.15, 0.2) is 24.3 Å². The zero-order valence-corrected chi connectivity index (χ0v) is 18.2. The Morgan fingerprint density at radius 1 is 1.09 bits per heavy atom. The van der Waals surface area contributed by atoms with E-state index in [4.69, 9.17) is 0 Å². The summed E-state index contributed by atoms with van der Waals surface area (Å²) < 4.78 is 40.2. The molecule has 1 N–H and O–H groups in total. The van der Waals surface area contributed by atoms with Crippen LogP contribution >= 0.6 is 0 Å². The molecule has 2 aliphatic heterocycles. The first-order valence-electron chi connectivity index (χ1n) is 11.0. The van der Waals surface area contributed by atoms with Gasteiger partial charge in [-0.25, -0.2) is 0 Å². The molecule has 0 bridgehead atoms. The molecular formula is C23H27F3N4O2. The van der Waals surface area contributed by atoms with Gasteiger partial charge in [-0.05, 0) is 30.4 Å². The van der Waals surface area contributed by atoms with Crippen LogP contribution in [0.4, 0.5) is 13.2 Å². The SMILES string of the molecule is CC(C)C(=O)N1CCc2[nH]nc(C(=O)N3CCC(c4ccccc4C(F)(F)F)CC3)c2C1. The maximum Gasteiger partial charge on any atom is 0.416 e. The van der Waals surface area contributed by atoms with Gasteiger partial charge in [-0.3, -0.25) is 14.7 Å². The summed E-state index contributed by atoms with van der Waals surface area (Å²) in [5.74, 6) is -0.561. The molecule has 0 saturated carbocycles. The molecule has 172 valence electrons. The van der Waals surface area contributed by atoms with Crippen LogP contribution in [0.1, 0.15) is 65.5 Å². The minimum absolute atomic E-state index is 0.0411. The van der Waals surface area contributed by atoms with E-state index in [2.05, 4.69) is 10.2 Å². The van der Waals surface area contributed by atoms with Gasteiger partial charge in [0.25, 0.3) is 5.91 Å². The van der Waals surface area contributed by atoms with Crippen LogP contribution in [0.3, 0.4) is 0 Å². The number of carbonyl (C=O) groups is 2. The number of nitrogens with zero attached hydrogens (tertiary/aromatic N) is 3. The van der Waals surface area contributed by atoms with E-state index >= 15 is 0 Å². The lowest BCUT2D eigenvalue weighted by molar-refractivity contribution is -0.138. The van der Waals surface area contributed by atoms with Crippen molar-refractivity contribution in [3.63, 3.8) is 0 Å². The van der Waals surface area contributed by atoms with Crippen molar-refractivity contribution >= 4 is 11.8 Å². The van der Waals surface area contributed by atoms with Crippen molar-refractivity contribution in [2.75, 3.05) is 19.6 Å². The molecule has 0 radical (unpaired) electrons. The van der Waals surface area contributed by atoms with Crippen molar-refractivity contribution in [2.24, 2.45) is 5.92 Å². The number of aromatic amines is 1. The zero-order valence-electron chi connectivity index (χ0n) is 18.2. The smallest absolute Gasteiger partial charge is 0.338 e. The van der Waals surface area contributed by atoms with Gasteiger partial charge < -0.3 is 9.80 Å². The van der Waals surface area contributed by atoms with Crippen LogP contribution in [0.2, 0.25) is 0 Å². The number of amides is 2. The summed E-state index contributed by atoms with van der Waals surface area (Å²) in [6, 6.07) is 5.68. The van der Waals surface area contributed by atoms with Gasteiger partial charge in [-0.1, -0.05) is 32.0 Å². The summed E-state index contributed by atoms with van der Waals surface area (Å²) in [6.07, 6.45) is -2.85. The van der Waals surface area contributed by atoms with Gasteiger partial charge in [-0.15, -0.1) is 0 Å². The molecule has 3 heterocycles. The molecule has 1 aromatic carbocycles. The fraction of sp³-hybridized carbons (Fsp3) is 0.522. The van der Waals surface area contributed by atoms with Crippen molar-refractivity contribution in [1.29, 1.82) is 0 Å². The van der Waals surface area contributed by atoms with Crippen LogP contribution in [0.5, 0.6) is 0 Å². The van der Waals surface area contributed by atoms with Crippen molar-refractivity contribution in [3.8, 4) is 0 Å². The number of hydrogen-bond donors (Lipinski definition) is 1. The Morgan fingerprint density at radius 3 is 2.44 bits per heavy atom. The number of rotatable bonds is 3. The van der Waals surface area contributed by atoms with Gasteiger partial charge in [-0.2, -0.15) is 18.3 Å². The number of aromatic nitrogens is 2. The first kappa shape index (κ1) is 22.4. The molecule has 2 aliphatic rings. The average molecular weight is 448 g/mol. The molecule has 1 saturated heterocycles. The second-order valence-corrected chi connectivity index (χ2v) is 8.85. The van der Waals surface area contributed by atoms with Gasteiger partial charge in [0.05, 0.1) is 5.56 Å². The molecule has 0 spiro atoms. The van der Waals surface area contributed by atoms with Gasteiger partial charge in [0.2, 0.25) is 5.91 Å². The summed E-state index contributed by atoms with van der Waals surface area (Å²) >= 11 is 0. The largest absolute Gasteiger partial charge is 0.416 e. The summed E-state index contributed by atoms with van der Waals surface area (Å²) in [6.45, 7) is 5.36. The molecule has 32 heavy (non-hydrogen) atoms. The van der Waals surface area contributed by atoms with E-state index in [1.807, 2.05) is 13.8 Å². The van der Waals surface area contributed by atoms with Gasteiger partial charge >= 0.3 is 6.18 Å². The molecule has 0 unspecified atom stereocenters. The maximum absolute atomic E-state index is 13.4.